The van der Waals surface area contributed by atoms with E-state index in [0.29, 0.717) is 11.3 Å². The fourth-order valence-electron chi connectivity index (χ4n) is 3.68. The minimum Gasteiger partial charge on any atom is -0.302 e. The number of ketones is 1. The van der Waals surface area contributed by atoms with Crippen molar-refractivity contribution in [2.75, 3.05) is 20.1 Å². The molecule has 4 aromatic rings. The van der Waals surface area contributed by atoms with Crippen LogP contribution in [0.4, 0.5) is 0 Å². The summed E-state index contributed by atoms with van der Waals surface area (Å²) < 4.78 is 0. The van der Waals surface area contributed by atoms with Crippen molar-refractivity contribution in [2.45, 2.75) is 12.8 Å². The number of rotatable bonds is 5. The van der Waals surface area contributed by atoms with Gasteiger partial charge in [0.1, 0.15) is 0 Å². The van der Waals surface area contributed by atoms with E-state index in [1.165, 1.54) is 5.57 Å². The number of pyridine rings is 3. The number of carbonyl (C=O) groups is 1. The zero-order valence-electron chi connectivity index (χ0n) is 17.2. The smallest absolute Gasteiger partial charge is 0.168 e. The van der Waals surface area contributed by atoms with Crippen molar-refractivity contribution in [3.63, 3.8) is 0 Å². The summed E-state index contributed by atoms with van der Waals surface area (Å²) in [6.07, 6.45) is 8.68. The normalized spacial score (nSPS) is 14.5. The van der Waals surface area contributed by atoms with Crippen LogP contribution in [0.15, 0.2) is 60.5 Å². The Morgan fingerprint density at radius 2 is 2.06 bits per heavy atom. The first-order valence-corrected chi connectivity index (χ1v) is 11.1. The maximum Gasteiger partial charge on any atom is 0.168 e. The van der Waals surface area contributed by atoms with Gasteiger partial charge in [-0.1, -0.05) is 6.08 Å². The Labute approximate surface area is 184 Å². The number of Topliss-reactive ketones (excluding diaryl/α,β-unsaturated/α-hetero) is 1. The van der Waals surface area contributed by atoms with Gasteiger partial charge < -0.3 is 4.90 Å². The maximum atomic E-state index is 13.0. The van der Waals surface area contributed by atoms with Crippen molar-refractivity contribution < 1.29 is 4.79 Å². The van der Waals surface area contributed by atoms with Crippen molar-refractivity contribution >= 4 is 33.6 Å². The van der Waals surface area contributed by atoms with Gasteiger partial charge in [-0.2, -0.15) is 0 Å². The molecule has 0 saturated heterocycles. The van der Waals surface area contributed by atoms with Crippen molar-refractivity contribution in [1.82, 2.24) is 24.8 Å². The Morgan fingerprint density at radius 1 is 1.13 bits per heavy atom. The predicted molar refractivity (Wildman–Crippen MR) is 123 cm³/mol. The number of nitrogens with zero attached hydrogens (tertiary/aromatic N) is 5. The molecule has 1 aliphatic rings. The van der Waals surface area contributed by atoms with Gasteiger partial charge in [-0.3, -0.25) is 19.7 Å². The molecule has 0 spiro atoms. The monoisotopic (exact) mass is 427 g/mol. The minimum atomic E-state index is 0.0302. The molecule has 5 rings (SSSR count). The number of hydrogen-bond acceptors (Lipinski definition) is 7. The molecule has 0 saturated carbocycles. The van der Waals surface area contributed by atoms with Crippen LogP contribution in [0, 0.1) is 0 Å². The van der Waals surface area contributed by atoms with Crippen LogP contribution in [0.25, 0.3) is 27.0 Å². The second-order valence-corrected chi connectivity index (χ2v) is 8.59. The summed E-state index contributed by atoms with van der Waals surface area (Å²) in [6, 6.07) is 9.56. The van der Waals surface area contributed by atoms with Gasteiger partial charge in [-0.25, -0.2) is 4.98 Å². The van der Waals surface area contributed by atoms with Crippen LogP contribution in [-0.4, -0.2) is 50.8 Å². The highest BCUT2D eigenvalue weighted by Gasteiger charge is 2.14. The van der Waals surface area contributed by atoms with E-state index in [9.17, 15) is 4.79 Å². The summed E-state index contributed by atoms with van der Waals surface area (Å²) >= 11 is 1.55. The summed E-state index contributed by atoms with van der Waals surface area (Å²) in [5.74, 6) is 0.0302. The predicted octanol–water partition coefficient (Wildman–Crippen LogP) is 4.29. The van der Waals surface area contributed by atoms with Crippen LogP contribution in [-0.2, 0) is 6.42 Å². The molecule has 6 nitrogen and oxygen atoms in total. The van der Waals surface area contributed by atoms with Gasteiger partial charge in [0.15, 0.2) is 5.78 Å². The molecule has 1 aliphatic heterocycles. The second kappa shape index (κ2) is 8.45. The third-order valence-corrected chi connectivity index (χ3v) is 6.28. The first-order valence-electron chi connectivity index (χ1n) is 10.2. The molecular formula is C24H21N5OS. The van der Waals surface area contributed by atoms with Gasteiger partial charge in [-0.15, -0.1) is 11.3 Å². The first kappa shape index (κ1) is 19.7. The maximum absolute atomic E-state index is 13.0. The highest BCUT2D eigenvalue weighted by molar-refractivity contribution is 7.13. The van der Waals surface area contributed by atoms with Crippen LogP contribution >= 0.6 is 11.3 Å². The van der Waals surface area contributed by atoms with Gasteiger partial charge in [0.25, 0.3) is 0 Å². The molecule has 0 aromatic carbocycles. The highest BCUT2D eigenvalue weighted by atomic mass is 32.1. The van der Waals surface area contributed by atoms with Crippen molar-refractivity contribution in [2.24, 2.45) is 0 Å². The molecular weight excluding hydrogens is 406 g/mol. The lowest BCUT2D eigenvalue weighted by molar-refractivity contribution is 0.0992. The average Bonchev–Trinajstić information content (AvgIpc) is 3.34. The number of likely N-dealkylation sites (N-methyl/N-ethyl adjacent to an activating group) is 1. The Balaban J connectivity index is 1.38. The average molecular weight is 428 g/mol. The number of hydrogen-bond donors (Lipinski definition) is 0. The van der Waals surface area contributed by atoms with Crippen molar-refractivity contribution in [3.05, 3.63) is 77.5 Å². The Hall–Kier alpha value is -3.29. The highest BCUT2D eigenvalue weighted by Crippen LogP contribution is 2.24. The first-order chi connectivity index (χ1) is 15.2. The molecule has 0 fully saturated rings. The summed E-state index contributed by atoms with van der Waals surface area (Å²) in [4.78, 5) is 34.1. The van der Waals surface area contributed by atoms with E-state index in [-0.39, 0.29) is 12.2 Å². The Kier molecular flexibility index (Phi) is 5.36. The van der Waals surface area contributed by atoms with E-state index in [4.69, 9.17) is 4.98 Å². The van der Waals surface area contributed by atoms with Gasteiger partial charge >= 0.3 is 0 Å². The number of carbonyl (C=O) groups excluding carboxylic acids is 1. The van der Waals surface area contributed by atoms with E-state index in [0.717, 1.165) is 46.7 Å². The van der Waals surface area contributed by atoms with Crippen LogP contribution in [0.3, 0.4) is 0 Å². The van der Waals surface area contributed by atoms with Crippen LogP contribution < -0.4 is 0 Å². The number of fused-ring (bicyclic) bond motifs is 1. The number of aromatic nitrogens is 4. The quantitative estimate of drug-likeness (QED) is 0.443. The summed E-state index contributed by atoms with van der Waals surface area (Å²) in [7, 11) is 2.10. The largest absolute Gasteiger partial charge is 0.302 e. The molecule has 0 N–H and O–H groups in total. The van der Waals surface area contributed by atoms with Gasteiger partial charge in [0.05, 0.1) is 39.4 Å². The van der Waals surface area contributed by atoms with Crippen LogP contribution in [0.2, 0.25) is 0 Å². The zero-order valence-corrected chi connectivity index (χ0v) is 18.0. The number of thiazole rings is 1. The Bertz CT molecular complexity index is 1280. The van der Waals surface area contributed by atoms with Crippen LogP contribution in [0.1, 0.15) is 28.2 Å². The van der Waals surface area contributed by atoms with Gasteiger partial charge in [-0.05, 0) is 49.4 Å². The van der Waals surface area contributed by atoms with E-state index in [2.05, 4.69) is 33.0 Å². The van der Waals surface area contributed by atoms with E-state index < -0.39 is 0 Å². The lowest BCUT2D eigenvalue weighted by atomic mass is 10.0. The topological polar surface area (TPSA) is 71.9 Å². The minimum absolute atomic E-state index is 0.0302. The Morgan fingerprint density at radius 3 is 2.87 bits per heavy atom. The van der Waals surface area contributed by atoms with Crippen molar-refractivity contribution in [1.29, 1.82) is 0 Å². The van der Waals surface area contributed by atoms with E-state index in [1.54, 1.807) is 35.3 Å². The molecule has 31 heavy (non-hydrogen) atoms. The van der Waals surface area contributed by atoms with Crippen molar-refractivity contribution in [3.8, 4) is 10.6 Å². The molecule has 0 atom stereocenters. The molecule has 154 valence electrons. The van der Waals surface area contributed by atoms with Crippen LogP contribution in [0.5, 0.6) is 0 Å². The van der Waals surface area contributed by atoms with E-state index in [1.807, 2.05) is 30.5 Å². The lowest BCUT2D eigenvalue weighted by Gasteiger charge is -2.21. The lowest BCUT2D eigenvalue weighted by Crippen LogP contribution is -2.23. The van der Waals surface area contributed by atoms with Gasteiger partial charge in [0, 0.05) is 42.6 Å². The standard InChI is InChI=1S/C24H21N5OS/c1-29-8-5-16(6-9-29)21-10-17(4-7-26-21)23(30)12-19-11-22-18(13-27-19)2-3-20(28-22)24-14-25-15-31-24/h2-5,7,10-11,13-15H,6,8-9,12H2,1H3. The molecule has 0 aliphatic carbocycles. The second-order valence-electron chi connectivity index (χ2n) is 7.70. The summed E-state index contributed by atoms with van der Waals surface area (Å²) in [5.41, 5.74) is 6.97. The molecule has 0 bridgehead atoms. The fraction of sp³-hybridized carbons (Fsp3) is 0.208. The SMILES string of the molecule is CN1CC=C(c2cc(C(=O)Cc3cc4nc(-c5cncs5)ccc4cn3)ccn2)CC1. The molecule has 4 aromatic heterocycles. The molecule has 0 unspecified atom stereocenters. The molecule has 0 amide bonds. The zero-order chi connectivity index (χ0) is 21.2. The summed E-state index contributed by atoms with van der Waals surface area (Å²) in [6.45, 7) is 1.91. The third kappa shape index (κ3) is 4.28. The van der Waals surface area contributed by atoms with E-state index >= 15 is 0 Å². The molecule has 5 heterocycles. The third-order valence-electron chi connectivity index (χ3n) is 5.48. The fourth-order valence-corrected chi connectivity index (χ4v) is 4.28. The summed E-state index contributed by atoms with van der Waals surface area (Å²) in [5, 5.41) is 0.949. The molecule has 0 radical (unpaired) electrons. The molecule has 7 heteroatoms. The van der Waals surface area contributed by atoms with Gasteiger partial charge in [0.2, 0.25) is 0 Å².